The SMILES string of the molecule is C=C1c2oc(CC)cc2C(C(C)C)=NN1CC(=O)Nc1ncc(F)cn1. The molecule has 0 fully saturated rings. The second-order valence-corrected chi connectivity index (χ2v) is 6.23. The molecular formula is C18H20FN5O2. The number of aryl methyl sites for hydroxylation is 1. The van der Waals surface area contributed by atoms with Gasteiger partial charge >= 0.3 is 0 Å². The Labute approximate surface area is 150 Å². The van der Waals surface area contributed by atoms with Crippen LogP contribution >= 0.6 is 0 Å². The number of anilines is 1. The minimum atomic E-state index is -0.573. The normalized spacial score (nSPS) is 13.7. The van der Waals surface area contributed by atoms with Gasteiger partial charge in [-0.3, -0.25) is 15.1 Å². The van der Waals surface area contributed by atoms with Crippen LogP contribution in [0.3, 0.4) is 0 Å². The number of amides is 1. The Kier molecular flexibility index (Phi) is 4.83. The van der Waals surface area contributed by atoms with Gasteiger partial charge in [0, 0.05) is 12.0 Å². The molecule has 136 valence electrons. The third kappa shape index (κ3) is 3.49. The molecule has 1 N–H and O–H groups in total. The molecule has 8 heteroatoms. The minimum absolute atomic E-state index is 0.0269. The summed E-state index contributed by atoms with van der Waals surface area (Å²) < 4.78 is 18.7. The Bertz CT molecular complexity index is 870. The fraction of sp³-hybridized carbons (Fsp3) is 0.333. The highest BCUT2D eigenvalue weighted by atomic mass is 19.1. The van der Waals surface area contributed by atoms with Crippen molar-refractivity contribution in [3.63, 3.8) is 0 Å². The van der Waals surface area contributed by atoms with Crippen molar-refractivity contribution in [3.05, 3.63) is 47.9 Å². The molecule has 2 aromatic rings. The topological polar surface area (TPSA) is 83.6 Å². The van der Waals surface area contributed by atoms with Gasteiger partial charge in [0.15, 0.2) is 11.6 Å². The van der Waals surface area contributed by atoms with Crippen molar-refractivity contribution in [2.24, 2.45) is 11.0 Å². The number of furan rings is 1. The lowest BCUT2D eigenvalue weighted by atomic mass is 9.98. The fourth-order valence-electron chi connectivity index (χ4n) is 2.62. The van der Waals surface area contributed by atoms with Crippen LogP contribution in [0.15, 0.2) is 34.6 Å². The van der Waals surface area contributed by atoms with Gasteiger partial charge in [-0.15, -0.1) is 0 Å². The number of hydrogen-bond donors (Lipinski definition) is 1. The lowest BCUT2D eigenvalue weighted by Crippen LogP contribution is -2.33. The highest BCUT2D eigenvalue weighted by Crippen LogP contribution is 2.32. The Hall–Kier alpha value is -3.03. The fourth-order valence-corrected chi connectivity index (χ4v) is 2.62. The number of hydrogen-bond acceptors (Lipinski definition) is 6. The first kappa shape index (κ1) is 17.8. The van der Waals surface area contributed by atoms with Gasteiger partial charge in [0.2, 0.25) is 11.9 Å². The molecule has 0 aromatic carbocycles. The second kappa shape index (κ2) is 7.07. The smallest absolute Gasteiger partial charge is 0.248 e. The number of carbonyl (C=O) groups is 1. The van der Waals surface area contributed by atoms with E-state index in [1.54, 1.807) is 0 Å². The molecule has 7 nitrogen and oxygen atoms in total. The second-order valence-electron chi connectivity index (χ2n) is 6.23. The van der Waals surface area contributed by atoms with E-state index < -0.39 is 11.7 Å². The van der Waals surface area contributed by atoms with Gasteiger partial charge in [0.05, 0.1) is 23.8 Å². The van der Waals surface area contributed by atoms with E-state index in [1.807, 2.05) is 26.8 Å². The van der Waals surface area contributed by atoms with E-state index in [2.05, 4.69) is 27.0 Å². The number of aromatic nitrogens is 2. The van der Waals surface area contributed by atoms with Crippen LogP contribution in [-0.4, -0.2) is 33.1 Å². The van der Waals surface area contributed by atoms with Gasteiger partial charge in [-0.05, 0) is 12.0 Å². The molecule has 0 spiro atoms. The number of rotatable bonds is 5. The van der Waals surface area contributed by atoms with Crippen molar-refractivity contribution in [2.45, 2.75) is 27.2 Å². The maximum atomic E-state index is 12.9. The Morgan fingerprint density at radius 3 is 2.69 bits per heavy atom. The Balaban J connectivity index is 1.80. The van der Waals surface area contributed by atoms with Crippen LogP contribution in [0.2, 0.25) is 0 Å². The zero-order chi connectivity index (χ0) is 18.8. The molecule has 0 bridgehead atoms. The molecule has 0 unspecified atom stereocenters. The van der Waals surface area contributed by atoms with E-state index >= 15 is 0 Å². The van der Waals surface area contributed by atoms with E-state index in [0.717, 1.165) is 35.8 Å². The third-order valence-corrected chi connectivity index (χ3v) is 3.92. The number of nitrogens with one attached hydrogen (secondary N) is 1. The predicted octanol–water partition coefficient (Wildman–Crippen LogP) is 3.06. The summed E-state index contributed by atoms with van der Waals surface area (Å²) in [4.78, 5) is 19.7. The summed E-state index contributed by atoms with van der Waals surface area (Å²) in [7, 11) is 0. The molecule has 3 heterocycles. The summed E-state index contributed by atoms with van der Waals surface area (Å²) >= 11 is 0. The summed E-state index contributed by atoms with van der Waals surface area (Å²) in [6.45, 7) is 9.99. The summed E-state index contributed by atoms with van der Waals surface area (Å²) in [5.74, 6) is 0.682. The Morgan fingerprint density at radius 2 is 2.08 bits per heavy atom. The van der Waals surface area contributed by atoms with Crippen molar-refractivity contribution in [1.82, 2.24) is 15.0 Å². The number of halogens is 1. The molecule has 1 aliphatic heterocycles. The van der Waals surface area contributed by atoms with Crippen molar-refractivity contribution in [1.29, 1.82) is 0 Å². The van der Waals surface area contributed by atoms with Crippen LogP contribution in [0.25, 0.3) is 5.70 Å². The van der Waals surface area contributed by atoms with E-state index in [9.17, 15) is 9.18 Å². The lowest BCUT2D eigenvalue weighted by molar-refractivity contribution is -0.116. The predicted molar refractivity (Wildman–Crippen MR) is 95.8 cm³/mol. The summed E-state index contributed by atoms with van der Waals surface area (Å²) in [6.07, 6.45) is 2.73. The van der Waals surface area contributed by atoms with Crippen molar-refractivity contribution in [3.8, 4) is 0 Å². The minimum Gasteiger partial charge on any atom is -0.459 e. The molecule has 26 heavy (non-hydrogen) atoms. The van der Waals surface area contributed by atoms with Crippen molar-refractivity contribution < 1.29 is 13.6 Å². The van der Waals surface area contributed by atoms with Crippen LogP contribution in [0, 0.1) is 11.7 Å². The van der Waals surface area contributed by atoms with Crippen LogP contribution < -0.4 is 5.32 Å². The van der Waals surface area contributed by atoms with E-state index in [-0.39, 0.29) is 18.4 Å². The molecule has 0 aliphatic carbocycles. The summed E-state index contributed by atoms with van der Waals surface area (Å²) in [5, 5.41) is 8.59. The van der Waals surface area contributed by atoms with Crippen LogP contribution in [-0.2, 0) is 11.2 Å². The van der Waals surface area contributed by atoms with Gasteiger partial charge in [-0.25, -0.2) is 14.4 Å². The molecule has 0 saturated heterocycles. The lowest BCUT2D eigenvalue weighted by Gasteiger charge is -2.27. The number of carbonyl (C=O) groups excluding carboxylic acids is 1. The summed E-state index contributed by atoms with van der Waals surface area (Å²) in [5.41, 5.74) is 2.27. The van der Waals surface area contributed by atoms with Crippen molar-refractivity contribution in [2.75, 3.05) is 11.9 Å². The van der Waals surface area contributed by atoms with E-state index in [4.69, 9.17) is 4.42 Å². The molecule has 1 aliphatic rings. The van der Waals surface area contributed by atoms with Gasteiger partial charge in [-0.1, -0.05) is 27.4 Å². The maximum Gasteiger partial charge on any atom is 0.248 e. The number of fused-ring (bicyclic) bond motifs is 1. The Morgan fingerprint density at radius 1 is 1.38 bits per heavy atom. The number of hydrazone groups is 1. The molecular weight excluding hydrogens is 337 g/mol. The molecule has 0 atom stereocenters. The highest BCUT2D eigenvalue weighted by Gasteiger charge is 2.29. The quantitative estimate of drug-likeness (QED) is 0.889. The maximum absolute atomic E-state index is 12.9. The zero-order valence-corrected chi connectivity index (χ0v) is 14.9. The summed E-state index contributed by atoms with van der Waals surface area (Å²) in [6, 6.07) is 1.98. The molecule has 0 saturated carbocycles. The number of nitrogens with zero attached hydrogens (tertiary/aromatic N) is 4. The van der Waals surface area contributed by atoms with Crippen LogP contribution in [0.5, 0.6) is 0 Å². The van der Waals surface area contributed by atoms with Crippen molar-refractivity contribution >= 4 is 23.3 Å². The average molecular weight is 357 g/mol. The average Bonchev–Trinajstić information content (AvgIpc) is 3.04. The first-order chi connectivity index (χ1) is 12.4. The van der Waals surface area contributed by atoms with Gasteiger partial charge < -0.3 is 4.42 Å². The van der Waals surface area contributed by atoms with Gasteiger partial charge in [0.25, 0.3) is 0 Å². The molecule has 2 aromatic heterocycles. The molecule has 1 amide bonds. The highest BCUT2D eigenvalue weighted by molar-refractivity contribution is 6.06. The standard InChI is InChI=1S/C18H20FN5O2/c1-5-13-6-14-16(10(2)3)23-24(11(4)17(14)26-13)9-15(25)22-18-20-7-12(19)8-21-18/h6-8,10H,4-5,9H2,1-3H3,(H,20,21,22,25). The van der Waals surface area contributed by atoms with Crippen LogP contribution in [0.1, 0.15) is 37.9 Å². The van der Waals surface area contributed by atoms with Gasteiger partial charge in [-0.2, -0.15) is 5.10 Å². The van der Waals surface area contributed by atoms with Gasteiger partial charge in [0.1, 0.15) is 12.3 Å². The zero-order valence-electron chi connectivity index (χ0n) is 14.9. The first-order valence-corrected chi connectivity index (χ1v) is 8.34. The third-order valence-electron chi connectivity index (χ3n) is 3.92. The van der Waals surface area contributed by atoms with E-state index in [0.29, 0.717) is 11.5 Å². The molecule has 3 rings (SSSR count). The van der Waals surface area contributed by atoms with Crippen LogP contribution in [0.4, 0.5) is 10.3 Å². The monoisotopic (exact) mass is 357 g/mol. The van der Waals surface area contributed by atoms with E-state index in [1.165, 1.54) is 5.01 Å². The molecule has 0 radical (unpaired) electrons. The first-order valence-electron chi connectivity index (χ1n) is 8.34. The largest absolute Gasteiger partial charge is 0.459 e.